The van der Waals surface area contributed by atoms with Crippen molar-refractivity contribution in [2.75, 3.05) is 31.1 Å². The van der Waals surface area contributed by atoms with Crippen LogP contribution in [-0.2, 0) is 0 Å². The molecule has 0 fully saturated rings. The second-order valence-corrected chi connectivity index (χ2v) is 8.24. The van der Waals surface area contributed by atoms with Gasteiger partial charge in [0.25, 0.3) is 11.6 Å². The van der Waals surface area contributed by atoms with Crippen molar-refractivity contribution in [3.05, 3.63) is 62.7 Å². The van der Waals surface area contributed by atoms with Crippen molar-refractivity contribution in [3.63, 3.8) is 0 Å². The lowest BCUT2D eigenvalue weighted by Gasteiger charge is -2.25. The summed E-state index contributed by atoms with van der Waals surface area (Å²) in [5, 5.41) is 11.9. The van der Waals surface area contributed by atoms with Crippen LogP contribution in [0, 0.1) is 17.0 Å². The number of nitrogens with zero attached hydrogens (tertiary/aromatic N) is 4. The number of nitro groups is 1. The molecule has 1 heterocycles. The van der Waals surface area contributed by atoms with Crippen molar-refractivity contribution in [2.45, 2.75) is 20.8 Å². The fourth-order valence-electron chi connectivity index (χ4n) is 3.19. The summed E-state index contributed by atoms with van der Waals surface area (Å²) < 4.78 is 0.982. The first kappa shape index (κ1) is 22.1. The van der Waals surface area contributed by atoms with E-state index in [-0.39, 0.29) is 16.3 Å². The van der Waals surface area contributed by atoms with Gasteiger partial charge in [0, 0.05) is 25.2 Å². The van der Waals surface area contributed by atoms with Gasteiger partial charge >= 0.3 is 0 Å². The van der Waals surface area contributed by atoms with Crippen LogP contribution in [0.5, 0.6) is 0 Å². The molecule has 0 saturated heterocycles. The van der Waals surface area contributed by atoms with Gasteiger partial charge in [-0.15, -0.1) is 0 Å². The molecule has 1 amide bonds. The van der Waals surface area contributed by atoms with Gasteiger partial charge in [0.05, 0.1) is 25.7 Å². The third-order valence-electron chi connectivity index (χ3n) is 5.01. The van der Waals surface area contributed by atoms with Crippen LogP contribution in [-0.4, -0.2) is 46.9 Å². The highest BCUT2D eigenvalue weighted by atomic mass is 35.5. The van der Waals surface area contributed by atoms with Crippen LogP contribution in [0.3, 0.4) is 0 Å². The van der Waals surface area contributed by atoms with Gasteiger partial charge in [-0.25, -0.2) is 4.98 Å². The van der Waals surface area contributed by atoms with E-state index in [9.17, 15) is 14.9 Å². The lowest BCUT2D eigenvalue weighted by Crippen LogP contribution is -2.39. The van der Waals surface area contributed by atoms with E-state index in [1.165, 1.54) is 29.5 Å². The van der Waals surface area contributed by atoms with E-state index in [1.807, 2.05) is 25.1 Å². The molecule has 0 spiro atoms. The summed E-state index contributed by atoms with van der Waals surface area (Å²) >= 11 is 7.68. The molecule has 30 heavy (non-hydrogen) atoms. The molecule has 1 aromatic heterocycles. The van der Waals surface area contributed by atoms with E-state index in [1.54, 1.807) is 4.90 Å². The number of non-ortho nitro benzene ring substituents is 1. The van der Waals surface area contributed by atoms with Crippen molar-refractivity contribution in [2.24, 2.45) is 0 Å². The fourth-order valence-corrected chi connectivity index (χ4v) is 4.46. The van der Waals surface area contributed by atoms with E-state index in [0.29, 0.717) is 18.2 Å². The Morgan fingerprint density at radius 1 is 1.20 bits per heavy atom. The molecule has 3 rings (SSSR count). The minimum Gasteiger partial charge on any atom is -0.302 e. The first-order chi connectivity index (χ1) is 14.3. The molecule has 158 valence electrons. The Balaban J connectivity index is 2.04. The Hall–Kier alpha value is -2.55. The summed E-state index contributed by atoms with van der Waals surface area (Å²) in [6.45, 7) is 8.87. The summed E-state index contributed by atoms with van der Waals surface area (Å²) in [5.74, 6) is -0.396. The quantitative estimate of drug-likeness (QED) is 0.353. The molecule has 9 heteroatoms. The first-order valence-electron chi connectivity index (χ1n) is 9.70. The van der Waals surface area contributed by atoms with Gasteiger partial charge in [-0.05, 0) is 37.7 Å². The zero-order valence-corrected chi connectivity index (χ0v) is 18.7. The van der Waals surface area contributed by atoms with Crippen molar-refractivity contribution < 1.29 is 9.72 Å². The molecule has 2 aromatic carbocycles. The topological polar surface area (TPSA) is 79.6 Å². The van der Waals surface area contributed by atoms with Crippen LogP contribution in [0.15, 0.2) is 36.4 Å². The number of anilines is 1. The molecule has 7 nitrogen and oxygen atoms in total. The maximum Gasteiger partial charge on any atom is 0.270 e. The highest BCUT2D eigenvalue weighted by molar-refractivity contribution is 7.22. The second kappa shape index (κ2) is 9.51. The normalized spacial score (nSPS) is 11.2. The van der Waals surface area contributed by atoms with Crippen molar-refractivity contribution in [1.82, 2.24) is 9.88 Å². The van der Waals surface area contributed by atoms with Gasteiger partial charge in [-0.2, -0.15) is 0 Å². The molecule has 0 N–H and O–H groups in total. The monoisotopic (exact) mass is 446 g/mol. The lowest BCUT2D eigenvalue weighted by atomic mass is 10.1. The number of hydrogen-bond acceptors (Lipinski definition) is 6. The molecular weight excluding hydrogens is 424 g/mol. The summed E-state index contributed by atoms with van der Waals surface area (Å²) in [7, 11) is 0. The maximum absolute atomic E-state index is 13.5. The zero-order valence-electron chi connectivity index (χ0n) is 17.1. The number of aromatic nitrogens is 1. The number of aryl methyl sites for hydroxylation is 1. The Morgan fingerprint density at radius 3 is 2.57 bits per heavy atom. The van der Waals surface area contributed by atoms with Gasteiger partial charge in [0.1, 0.15) is 0 Å². The maximum atomic E-state index is 13.5. The molecule has 0 radical (unpaired) electrons. The molecule has 0 aliphatic rings. The molecule has 0 atom stereocenters. The van der Waals surface area contributed by atoms with E-state index >= 15 is 0 Å². The highest BCUT2D eigenvalue weighted by Gasteiger charge is 2.25. The number of para-hydroxylation sites is 1. The summed E-state index contributed by atoms with van der Waals surface area (Å²) in [6.07, 6.45) is 0. The van der Waals surface area contributed by atoms with Gasteiger partial charge in [-0.1, -0.05) is 48.9 Å². The number of amides is 1. The number of nitro benzene ring substituents is 1. The number of fused-ring (bicyclic) bond motifs is 1. The predicted octanol–water partition coefficient (Wildman–Crippen LogP) is 5.15. The van der Waals surface area contributed by atoms with Crippen molar-refractivity contribution in [3.8, 4) is 0 Å². The highest BCUT2D eigenvalue weighted by Crippen LogP contribution is 2.32. The number of benzene rings is 2. The number of likely N-dealkylation sites (N-methyl/N-ethyl adjacent to an activating group) is 1. The third-order valence-corrected chi connectivity index (χ3v) is 6.38. The minimum absolute atomic E-state index is 0.0985. The largest absolute Gasteiger partial charge is 0.302 e. The number of carbonyl (C=O) groups excluding carboxylic acids is 1. The predicted molar refractivity (Wildman–Crippen MR) is 122 cm³/mol. The van der Waals surface area contributed by atoms with Crippen LogP contribution in [0.4, 0.5) is 10.8 Å². The Labute approximate surface area is 184 Å². The third kappa shape index (κ3) is 4.61. The molecule has 0 aliphatic heterocycles. The Morgan fingerprint density at radius 2 is 1.93 bits per heavy atom. The van der Waals surface area contributed by atoms with Gasteiger partial charge in [-0.3, -0.25) is 19.8 Å². The Kier molecular flexibility index (Phi) is 7.02. The standard InChI is InChI=1S/C21H23ClN4O3S/c1-4-24(5-2)11-12-25(21-23-19-14(3)7-6-8-18(19)30-21)20(27)16-13-15(26(28)29)9-10-17(16)22/h6-10,13H,4-5,11-12H2,1-3H3. The second-order valence-electron chi connectivity index (χ2n) is 6.82. The number of carbonyl (C=O) groups is 1. The van der Waals surface area contributed by atoms with E-state index in [0.717, 1.165) is 28.9 Å². The molecule has 3 aromatic rings. The summed E-state index contributed by atoms with van der Waals surface area (Å²) in [5.41, 5.74) is 1.80. The zero-order chi connectivity index (χ0) is 21.8. The minimum atomic E-state index is -0.533. The number of rotatable bonds is 8. The summed E-state index contributed by atoms with van der Waals surface area (Å²) in [6, 6.07) is 9.81. The number of hydrogen-bond donors (Lipinski definition) is 0. The molecule has 0 aliphatic carbocycles. The molecule has 0 bridgehead atoms. The van der Waals surface area contributed by atoms with Crippen LogP contribution in [0.2, 0.25) is 5.02 Å². The summed E-state index contributed by atoms with van der Waals surface area (Å²) in [4.78, 5) is 32.6. The van der Waals surface area contributed by atoms with E-state index in [2.05, 4.69) is 18.7 Å². The van der Waals surface area contributed by atoms with Gasteiger partial charge in [0.2, 0.25) is 0 Å². The van der Waals surface area contributed by atoms with E-state index < -0.39 is 10.8 Å². The molecule has 0 unspecified atom stereocenters. The van der Waals surface area contributed by atoms with Crippen LogP contribution in [0.25, 0.3) is 10.2 Å². The van der Waals surface area contributed by atoms with Gasteiger partial charge in [0.15, 0.2) is 5.13 Å². The van der Waals surface area contributed by atoms with Crippen LogP contribution < -0.4 is 4.90 Å². The van der Waals surface area contributed by atoms with Crippen LogP contribution in [0.1, 0.15) is 29.8 Å². The SMILES string of the molecule is CCN(CC)CCN(C(=O)c1cc([N+](=O)[O-])ccc1Cl)c1nc2c(C)cccc2s1. The fraction of sp³-hybridized carbons (Fsp3) is 0.333. The number of thiazole rings is 1. The lowest BCUT2D eigenvalue weighted by molar-refractivity contribution is -0.384. The van der Waals surface area contributed by atoms with Crippen molar-refractivity contribution >= 4 is 49.9 Å². The van der Waals surface area contributed by atoms with E-state index in [4.69, 9.17) is 16.6 Å². The average molecular weight is 447 g/mol. The smallest absolute Gasteiger partial charge is 0.270 e. The molecular formula is C21H23ClN4O3S. The van der Waals surface area contributed by atoms with Crippen LogP contribution >= 0.6 is 22.9 Å². The first-order valence-corrected chi connectivity index (χ1v) is 10.9. The van der Waals surface area contributed by atoms with Gasteiger partial charge < -0.3 is 4.90 Å². The Bertz CT molecular complexity index is 1080. The van der Waals surface area contributed by atoms with Crippen molar-refractivity contribution in [1.29, 1.82) is 0 Å². The molecule has 0 saturated carbocycles. The number of halogens is 1. The average Bonchev–Trinajstić information content (AvgIpc) is 3.16.